The predicted molar refractivity (Wildman–Crippen MR) is 104 cm³/mol. The number of nitrogens with zero attached hydrogens (tertiary/aromatic N) is 3. The van der Waals surface area contributed by atoms with Crippen LogP contribution >= 0.6 is 11.6 Å². The standard InChI is InChI=1S/C21H20ClN3O2/c1-24(12-15-11-23-25(13-15)19-5-3-2-4-6-19)21(26)17-9-16-10-18(22)7-8-20(16)27-14-17/h2-8,10-11,13,17H,9,12,14H2,1H3/t17-/m0/s1. The zero-order valence-electron chi connectivity index (χ0n) is 15.0. The topological polar surface area (TPSA) is 47.4 Å². The highest BCUT2D eigenvalue weighted by atomic mass is 35.5. The van der Waals surface area contributed by atoms with E-state index in [0.717, 1.165) is 22.6 Å². The predicted octanol–water partition coefficient (Wildman–Crippen LogP) is 3.74. The van der Waals surface area contributed by atoms with Crippen molar-refractivity contribution in [3.8, 4) is 11.4 Å². The highest BCUT2D eigenvalue weighted by Crippen LogP contribution is 2.30. The Labute approximate surface area is 163 Å². The van der Waals surface area contributed by atoms with Crippen molar-refractivity contribution in [2.75, 3.05) is 13.7 Å². The quantitative estimate of drug-likeness (QED) is 0.691. The number of ether oxygens (including phenoxy) is 1. The minimum atomic E-state index is -0.204. The van der Waals surface area contributed by atoms with E-state index < -0.39 is 0 Å². The van der Waals surface area contributed by atoms with Crippen molar-refractivity contribution < 1.29 is 9.53 Å². The Morgan fingerprint density at radius 2 is 2.11 bits per heavy atom. The minimum Gasteiger partial charge on any atom is -0.492 e. The molecular weight excluding hydrogens is 362 g/mol. The van der Waals surface area contributed by atoms with E-state index in [1.54, 1.807) is 17.2 Å². The van der Waals surface area contributed by atoms with Gasteiger partial charge in [-0.2, -0.15) is 5.10 Å². The van der Waals surface area contributed by atoms with Crippen LogP contribution in [0.1, 0.15) is 11.1 Å². The Morgan fingerprint density at radius 1 is 1.30 bits per heavy atom. The van der Waals surface area contributed by atoms with E-state index in [4.69, 9.17) is 16.3 Å². The van der Waals surface area contributed by atoms with Gasteiger partial charge in [-0.15, -0.1) is 0 Å². The molecule has 2 heterocycles. The average molecular weight is 382 g/mol. The molecule has 5 nitrogen and oxygen atoms in total. The van der Waals surface area contributed by atoms with Crippen LogP contribution in [0.5, 0.6) is 5.75 Å². The number of benzene rings is 2. The van der Waals surface area contributed by atoms with E-state index in [0.29, 0.717) is 24.6 Å². The van der Waals surface area contributed by atoms with E-state index in [1.807, 2.05) is 60.4 Å². The van der Waals surface area contributed by atoms with Crippen molar-refractivity contribution in [3.63, 3.8) is 0 Å². The fourth-order valence-corrected chi connectivity index (χ4v) is 3.54. The van der Waals surface area contributed by atoms with Crippen LogP contribution in [-0.2, 0) is 17.8 Å². The molecule has 0 N–H and O–H groups in total. The van der Waals surface area contributed by atoms with Crippen LogP contribution in [0.25, 0.3) is 5.69 Å². The first-order valence-corrected chi connectivity index (χ1v) is 9.23. The molecule has 4 rings (SSSR count). The summed E-state index contributed by atoms with van der Waals surface area (Å²) >= 11 is 6.07. The van der Waals surface area contributed by atoms with Gasteiger partial charge in [0.05, 0.1) is 17.8 Å². The van der Waals surface area contributed by atoms with Crippen LogP contribution in [0.3, 0.4) is 0 Å². The summed E-state index contributed by atoms with van der Waals surface area (Å²) in [5.41, 5.74) is 2.96. The molecule has 1 atom stereocenters. The summed E-state index contributed by atoms with van der Waals surface area (Å²) in [5, 5.41) is 5.05. The van der Waals surface area contributed by atoms with Gasteiger partial charge in [0.1, 0.15) is 12.4 Å². The summed E-state index contributed by atoms with van der Waals surface area (Å²) in [6.07, 6.45) is 4.39. The number of carbonyl (C=O) groups excluding carboxylic acids is 1. The number of rotatable bonds is 4. The molecule has 0 saturated heterocycles. The molecular formula is C21H20ClN3O2. The molecule has 0 spiro atoms. The van der Waals surface area contributed by atoms with Crippen LogP contribution < -0.4 is 4.74 Å². The summed E-state index contributed by atoms with van der Waals surface area (Å²) in [6, 6.07) is 15.4. The fourth-order valence-electron chi connectivity index (χ4n) is 3.35. The Morgan fingerprint density at radius 3 is 2.93 bits per heavy atom. The third kappa shape index (κ3) is 3.83. The van der Waals surface area contributed by atoms with Crippen molar-refractivity contribution in [3.05, 3.63) is 77.1 Å². The summed E-state index contributed by atoms with van der Waals surface area (Å²) < 4.78 is 7.57. The maximum absolute atomic E-state index is 12.9. The minimum absolute atomic E-state index is 0.0630. The Hall–Kier alpha value is -2.79. The van der Waals surface area contributed by atoms with Gasteiger partial charge in [-0.05, 0) is 42.3 Å². The number of amides is 1. The van der Waals surface area contributed by atoms with Crippen molar-refractivity contribution >= 4 is 17.5 Å². The first-order chi connectivity index (χ1) is 13.1. The molecule has 0 radical (unpaired) electrons. The van der Waals surface area contributed by atoms with E-state index in [1.165, 1.54) is 0 Å². The Kier molecular flexibility index (Phi) is 4.86. The van der Waals surface area contributed by atoms with E-state index in [9.17, 15) is 4.79 Å². The number of aromatic nitrogens is 2. The molecule has 0 saturated carbocycles. The molecule has 0 aliphatic carbocycles. The smallest absolute Gasteiger partial charge is 0.229 e. The van der Waals surface area contributed by atoms with Gasteiger partial charge in [-0.25, -0.2) is 4.68 Å². The number of hydrogen-bond acceptors (Lipinski definition) is 3. The molecule has 1 aliphatic rings. The van der Waals surface area contributed by atoms with Crippen LogP contribution in [0.2, 0.25) is 5.02 Å². The highest BCUT2D eigenvalue weighted by molar-refractivity contribution is 6.30. The van der Waals surface area contributed by atoms with Gasteiger partial charge in [-0.3, -0.25) is 4.79 Å². The van der Waals surface area contributed by atoms with Crippen molar-refractivity contribution in [1.29, 1.82) is 0 Å². The SMILES string of the molecule is CN(Cc1cnn(-c2ccccc2)c1)C(=O)[C@@H]1COc2ccc(Cl)cc2C1. The van der Waals surface area contributed by atoms with Gasteiger partial charge in [-0.1, -0.05) is 29.8 Å². The number of carbonyl (C=O) groups is 1. The molecule has 0 fully saturated rings. The van der Waals surface area contributed by atoms with Gasteiger partial charge in [0.25, 0.3) is 0 Å². The lowest BCUT2D eigenvalue weighted by Gasteiger charge is -2.28. The van der Waals surface area contributed by atoms with Crippen molar-refractivity contribution in [2.24, 2.45) is 5.92 Å². The highest BCUT2D eigenvalue weighted by Gasteiger charge is 2.28. The van der Waals surface area contributed by atoms with Crippen LogP contribution in [-0.4, -0.2) is 34.2 Å². The lowest BCUT2D eigenvalue weighted by Crippen LogP contribution is -2.38. The summed E-state index contributed by atoms with van der Waals surface area (Å²) in [7, 11) is 1.82. The normalized spacial score (nSPS) is 15.7. The molecule has 0 unspecified atom stereocenters. The zero-order chi connectivity index (χ0) is 18.8. The molecule has 1 aromatic heterocycles. The largest absolute Gasteiger partial charge is 0.492 e. The number of para-hydroxylation sites is 1. The maximum Gasteiger partial charge on any atom is 0.229 e. The molecule has 3 aromatic rings. The molecule has 2 aromatic carbocycles. The van der Waals surface area contributed by atoms with Crippen LogP contribution in [0, 0.1) is 5.92 Å². The molecule has 1 amide bonds. The lowest BCUT2D eigenvalue weighted by molar-refractivity contribution is -0.136. The summed E-state index contributed by atoms with van der Waals surface area (Å²) in [4.78, 5) is 14.6. The molecule has 138 valence electrons. The second-order valence-corrected chi connectivity index (χ2v) is 7.22. The summed E-state index contributed by atoms with van der Waals surface area (Å²) in [5.74, 6) is 0.675. The number of hydrogen-bond donors (Lipinski definition) is 0. The zero-order valence-corrected chi connectivity index (χ0v) is 15.8. The molecule has 27 heavy (non-hydrogen) atoms. The third-order valence-electron chi connectivity index (χ3n) is 4.73. The van der Waals surface area contributed by atoms with Crippen molar-refractivity contribution in [1.82, 2.24) is 14.7 Å². The summed E-state index contributed by atoms with van der Waals surface area (Å²) in [6.45, 7) is 0.894. The number of halogens is 1. The lowest BCUT2D eigenvalue weighted by atomic mass is 9.95. The van der Waals surface area contributed by atoms with E-state index >= 15 is 0 Å². The molecule has 6 heteroatoms. The van der Waals surface area contributed by atoms with Crippen molar-refractivity contribution in [2.45, 2.75) is 13.0 Å². The van der Waals surface area contributed by atoms with Crippen LogP contribution in [0.15, 0.2) is 60.9 Å². The third-order valence-corrected chi connectivity index (χ3v) is 4.97. The number of fused-ring (bicyclic) bond motifs is 1. The van der Waals surface area contributed by atoms with Gasteiger partial charge < -0.3 is 9.64 Å². The second kappa shape index (κ2) is 7.45. The monoisotopic (exact) mass is 381 g/mol. The second-order valence-electron chi connectivity index (χ2n) is 6.79. The van der Waals surface area contributed by atoms with E-state index in [-0.39, 0.29) is 11.8 Å². The maximum atomic E-state index is 12.9. The van der Waals surface area contributed by atoms with Crippen LogP contribution in [0.4, 0.5) is 0 Å². The molecule has 0 bridgehead atoms. The fraction of sp³-hybridized carbons (Fsp3) is 0.238. The van der Waals surface area contributed by atoms with E-state index in [2.05, 4.69) is 5.10 Å². The van der Waals surface area contributed by atoms with Gasteiger partial charge >= 0.3 is 0 Å². The first kappa shape index (κ1) is 17.6. The van der Waals surface area contributed by atoms with Gasteiger partial charge in [0.15, 0.2) is 0 Å². The Bertz CT molecular complexity index is 955. The Balaban J connectivity index is 1.42. The first-order valence-electron chi connectivity index (χ1n) is 8.85. The van der Waals surface area contributed by atoms with Gasteiger partial charge in [0.2, 0.25) is 5.91 Å². The van der Waals surface area contributed by atoms with Gasteiger partial charge in [0, 0.05) is 30.4 Å². The molecule has 1 aliphatic heterocycles. The average Bonchev–Trinajstić information content (AvgIpc) is 3.16.